The Morgan fingerprint density at radius 3 is 2.52 bits per heavy atom. The standard InChI is InChI=1S/C15H18N2O6/c1-22-14(20)13(17-10-18)12(19)7-8-16-15(21)23-9-11-5-3-2-4-6-11/h2-6,10,13H,7-9H2,1H3,(H,16,21)(H,17,18). The van der Waals surface area contributed by atoms with Gasteiger partial charge in [-0.3, -0.25) is 9.59 Å². The molecule has 8 nitrogen and oxygen atoms in total. The van der Waals surface area contributed by atoms with Crippen molar-refractivity contribution in [2.75, 3.05) is 13.7 Å². The third-order valence-electron chi connectivity index (χ3n) is 2.85. The fourth-order valence-electron chi connectivity index (χ4n) is 1.68. The highest BCUT2D eigenvalue weighted by atomic mass is 16.5. The third kappa shape index (κ3) is 6.60. The number of carbonyl (C=O) groups is 4. The molecule has 0 saturated carbocycles. The van der Waals surface area contributed by atoms with Crippen LogP contribution in [-0.4, -0.2) is 44.0 Å². The topological polar surface area (TPSA) is 111 Å². The van der Waals surface area contributed by atoms with Gasteiger partial charge in [0.15, 0.2) is 11.8 Å². The number of rotatable bonds is 9. The van der Waals surface area contributed by atoms with Crippen molar-refractivity contribution in [3.8, 4) is 0 Å². The van der Waals surface area contributed by atoms with Gasteiger partial charge in [0.1, 0.15) is 6.61 Å². The first-order valence-corrected chi connectivity index (χ1v) is 6.83. The van der Waals surface area contributed by atoms with Crippen LogP contribution in [0.4, 0.5) is 4.79 Å². The van der Waals surface area contributed by atoms with E-state index in [2.05, 4.69) is 15.4 Å². The van der Waals surface area contributed by atoms with Crippen LogP contribution in [0.15, 0.2) is 30.3 Å². The maximum absolute atomic E-state index is 11.8. The molecule has 8 heteroatoms. The molecule has 23 heavy (non-hydrogen) atoms. The Labute approximate surface area is 133 Å². The van der Waals surface area contributed by atoms with E-state index in [4.69, 9.17) is 4.74 Å². The van der Waals surface area contributed by atoms with Gasteiger partial charge in [-0.25, -0.2) is 9.59 Å². The van der Waals surface area contributed by atoms with Crippen LogP contribution in [0.25, 0.3) is 0 Å². The van der Waals surface area contributed by atoms with Crippen LogP contribution in [0.3, 0.4) is 0 Å². The van der Waals surface area contributed by atoms with Crippen LogP contribution in [0.5, 0.6) is 0 Å². The average molecular weight is 322 g/mol. The first kappa shape index (κ1) is 18.1. The molecule has 2 amide bonds. The van der Waals surface area contributed by atoms with Gasteiger partial charge in [-0.05, 0) is 5.56 Å². The largest absolute Gasteiger partial charge is 0.467 e. The normalized spacial score (nSPS) is 11.0. The number of benzene rings is 1. The molecule has 0 aliphatic rings. The molecule has 0 fully saturated rings. The van der Waals surface area contributed by atoms with Gasteiger partial charge in [-0.2, -0.15) is 0 Å². The van der Waals surface area contributed by atoms with E-state index in [-0.39, 0.29) is 26.0 Å². The van der Waals surface area contributed by atoms with Crippen molar-refractivity contribution in [1.29, 1.82) is 0 Å². The number of carbonyl (C=O) groups excluding carboxylic acids is 4. The lowest BCUT2D eigenvalue weighted by Crippen LogP contribution is -2.44. The molecule has 1 rings (SSSR count). The van der Waals surface area contributed by atoms with Crippen LogP contribution in [0.1, 0.15) is 12.0 Å². The lowest BCUT2D eigenvalue weighted by molar-refractivity contribution is -0.147. The van der Waals surface area contributed by atoms with Crippen molar-refractivity contribution >= 4 is 24.3 Å². The molecular formula is C15H18N2O6. The van der Waals surface area contributed by atoms with E-state index in [9.17, 15) is 19.2 Å². The number of hydrogen-bond acceptors (Lipinski definition) is 6. The second-order valence-corrected chi connectivity index (χ2v) is 4.45. The van der Waals surface area contributed by atoms with Gasteiger partial charge in [-0.15, -0.1) is 0 Å². The van der Waals surface area contributed by atoms with Gasteiger partial charge >= 0.3 is 12.1 Å². The van der Waals surface area contributed by atoms with Crippen molar-refractivity contribution < 1.29 is 28.7 Å². The molecule has 1 aromatic carbocycles. The first-order valence-electron chi connectivity index (χ1n) is 6.83. The predicted octanol–water partition coefficient (Wildman–Crippen LogP) is 0.160. The summed E-state index contributed by atoms with van der Waals surface area (Å²) < 4.78 is 9.37. The maximum atomic E-state index is 11.8. The van der Waals surface area contributed by atoms with Crippen LogP contribution >= 0.6 is 0 Å². The fraction of sp³-hybridized carbons (Fsp3) is 0.333. The Bertz CT molecular complexity index is 546. The van der Waals surface area contributed by atoms with E-state index in [0.717, 1.165) is 12.7 Å². The third-order valence-corrected chi connectivity index (χ3v) is 2.85. The number of alkyl carbamates (subject to hydrolysis) is 1. The highest BCUT2D eigenvalue weighted by molar-refractivity contribution is 6.04. The summed E-state index contributed by atoms with van der Waals surface area (Å²) in [5.41, 5.74) is 0.833. The summed E-state index contributed by atoms with van der Waals surface area (Å²) in [5, 5.41) is 4.46. The molecule has 0 spiro atoms. The summed E-state index contributed by atoms with van der Waals surface area (Å²) in [6, 6.07) is 7.73. The number of ketones is 1. The lowest BCUT2D eigenvalue weighted by atomic mass is 10.1. The van der Waals surface area contributed by atoms with E-state index >= 15 is 0 Å². The number of ether oxygens (including phenoxy) is 2. The quantitative estimate of drug-likeness (QED) is 0.381. The molecule has 0 saturated heterocycles. The minimum absolute atomic E-state index is 0.0273. The summed E-state index contributed by atoms with van der Waals surface area (Å²) in [7, 11) is 1.11. The molecule has 0 aliphatic carbocycles. The Morgan fingerprint density at radius 2 is 1.91 bits per heavy atom. The van der Waals surface area contributed by atoms with Crippen molar-refractivity contribution in [1.82, 2.24) is 10.6 Å². The molecular weight excluding hydrogens is 304 g/mol. The van der Waals surface area contributed by atoms with Gasteiger partial charge in [0, 0.05) is 13.0 Å². The zero-order valence-electron chi connectivity index (χ0n) is 12.6. The van der Waals surface area contributed by atoms with Crippen LogP contribution in [0.2, 0.25) is 0 Å². The fourth-order valence-corrected chi connectivity index (χ4v) is 1.68. The molecule has 124 valence electrons. The van der Waals surface area contributed by atoms with Crippen molar-refractivity contribution in [2.24, 2.45) is 0 Å². The van der Waals surface area contributed by atoms with Gasteiger partial charge in [0.2, 0.25) is 6.41 Å². The van der Waals surface area contributed by atoms with Crippen molar-refractivity contribution in [3.63, 3.8) is 0 Å². The van der Waals surface area contributed by atoms with Crippen LogP contribution < -0.4 is 10.6 Å². The molecule has 0 aliphatic heterocycles. The Balaban J connectivity index is 2.31. The minimum atomic E-state index is -1.38. The predicted molar refractivity (Wildman–Crippen MR) is 79.3 cm³/mol. The lowest BCUT2D eigenvalue weighted by Gasteiger charge is -2.12. The molecule has 0 heterocycles. The minimum Gasteiger partial charge on any atom is -0.467 e. The highest BCUT2D eigenvalue weighted by Gasteiger charge is 2.26. The molecule has 0 bridgehead atoms. The van der Waals surface area contributed by atoms with E-state index in [0.29, 0.717) is 0 Å². The SMILES string of the molecule is COC(=O)C(NC=O)C(=O)CCNC(=O)OCc1ccccc1. The van der Waals surface area contributed by atoms with Gasteiger partial charge in [0.25, 0.3) is 0 Å². The summed E-state index contributed by atoms with van der Waals surface area (Å²) >= 11 is 0. The van der Waals surface area contributed by atoms with E-state index in [1.165, 1.54) is 0 Å². The molecule has 0 aromatic heterocycles. The highest BCUT2D eigenvalue weighted by Crippen LogP contribution is 2.00. The van der Waals surface area contributed by atoms with Crippen molar-refractivity contribution in [2.45, 2.75) is 19.1 Å². The van der Waals surface area contributed by atoms with Crippen LogP contribution in [-0.2, 0) is 30.5 Å². The molecule has 1 unspecified atom stereocenters. The van der Waals surface area contributed by atoms with E-state index in [1.54, 1.807) is 0 Å². The number of nitrogens with one attached hydrogen (secondary N) is 2. The molecule has 2 N–H and O–H groups in total. The monoisotopic (exact) mass is 322 g/mol. The number of hydrogen-bond donors (Lipinski definition) is 2. The molecule has 1 atom stereocenters. The zero-order valence-corrected chi connectivity index (χ0v) is 12.6. The summed E-state index contributed by atoms with van der Waals surface area (Å²) in [4.78, 5) is 45.0. The molecule has 0 radical (unpaired) electrons. The number of amides is 2. The smallest absolute Gasteiger partial charge is 0.407 e. The second kappa shape index (κ2) is 9.93. The van der Waals surface area contributed by atoms with E-state index in [1.807, 2.05) is 30.3 Å². The van der Waals surface area contributed by atoms with Gasteiger partial charge in [-0.1, -0.05) is 30.3 Å². The summed E-state index contributed by atoms with van der Waals surface area (Å²) in [6.45, 7) is 0.0819. The van der Waals surface area contributed by atoms with Gasteiger partial charge < -0.3 is 20.1 Å². The average Bonchev–Trinajstić information content (AvgIpc) is 2.58. The van der Waals surface area contributed by atoms with Gasteiger partial charge in [0.05, 0.1) is 7.11 Å². The summed E-state index contributed by atoms with van der Waals surface area (Å²) in [5.74, 6) is -1.44. The molecule has 1 aromatic rings. The number of methoxy groups -OCH3 is 1. The van der Waals surface area contributed by atoms with Crippen LogP contribution in [0, 0.1) is 0 Å². The Morgan fingerprint density at radius 1 is 1.22 bits per heavy atom. The second-order valence-electron chi connectivity index (χ2n) is 4.45. The van der Waals surface area contributed by atoms with Crippen molar-refractivity contribution in [3.05, 3.63) is 35.9 Å². The summed E-state index contributed by atoms with van der Waals surface area (Å²) in [6.07, 6.45) is -0.596. The Kier molecular flexibility index (Phi) is 7.84. The first-order chi connectivity index (χ1) is 11.1. The Hall–Kier alpha value is -2.90. The number of esters is 1. The number of Topliss-reactive ketones (excluding diaryl/α,β-unsaturated/α-hetero) is 1. The maximum Gasteiger partial charge on any atom is 0.407 e. The zero-order chi connectivity index (χ0) is 17.1. The van der Waals surface area contributed by atoms with E-state index < -0.39 is 23.9 Å².